The Morgan fingerprint density at radius 3 is 2.21 bits per heavy atom. The Kier molecular flexibility index (Phi) is 9.16. The summed E-state index contributed by atoms with van der Waals surface area (Å²) in [5.41, 5.74) is 0. The summed E-state index contributed by atoms with van der Waals surface area (Å²) in [4.78, 5) is 22.8. The molecule has 6 heteroatoms. The number of aliphatic hydroxyl groups is 1. The van der Waals surface area contributed by atoms with Gasteiger partial charge in [0, 0.05) is 13.1 Å². The molecule has 2 unspecified atom stereocenters. The third-order valence-electron chi connectivity index (χ3n) is 3.19. The predicted molar refractivity (Wildman–Crippen MR) is 74.8 cm³/mol. The highest BCUT2D eigenvalue weighted by atomic mass is 16.3. The number of urea groups is 1. The molecular weight excluding hydrogens is 246 g/mol. The van der Waals surface area contributed by atoms with Gasteiger partial charge in [-0.3, -0.25) is 10.1 Å². The van der Waals surface area contributed by atoms with Gasteiger partial charge in [0.1, 0.15) is 0 Å². The Labute approximate surface area is 115 Å². The van der Waals surface area contributed by atoms with Crippen LogP contribution in [0.15, 0.2) is 0 Å². The minimum Gasteiger partial charge on any atom is -0.392 e. The van der Waals surface area contributed by atoms with E-state index in [1.54, 1.807) is 13.8 Å². The van der Waals surface area contributed by atoms with Crippen LogP contribution in [-0.4, -0.2) is 42.3 Å². The van der Waals surface area contributed by atoms with Crippen molar-refractivity contribution in [2.45, 2.75) is 52.7 Å². The van der Waals surface area contributed by atoms with E-state index in [1.165, 1.54) is 0 Å². The summed E-state index contributed by atoms with van der Waals surface area (Å²) < 4.78 is 0. The van der Waals surface area contributed by atoms with Crippen LogP contribution in [0.1, 0.15) is 40.5 Å². The van der Waals surface area contributed by atoms with Crippen LogP contribution in [0.2, 0.25) is 0 Å². The van der Waals surface area contributed by atoms with Gasteiger partial charge in [0.05, 0.1) is 12.1 Å². The third-order valence-corrected chi connectivity index (χ3v) is 3.19. The number of hydrogen-bond donors (Lipinski definition) is 4. The predicted octanol–water partition coefficient (Wildman–Crippen LogP) is 0.607. The van der Waals surface area contributed by atoms with Crippen molar-refractivity contribution in [3.8, 4) is 0 Å². The van der Waals surface area contributed by atoms with Crippen LogP contribution in [0.5, 0.6) is 0 Å². The van der Waals surface area contributed by atoms with Crippen LogP contribution in [0.3, 0.4) is 0 Å². The lowest BCUT2D eigenvalue weighted by Gasteiger charge is -2.22. The van der Waals surface area contributed by atoms with Gasteiger partial charge < -0.3 is 15.7 Å². The van der Waals surface area contributed by atoms with E-state index in [4.69, 9.17) is 0 Å². The first-order chi connectivity index (χ1) is 8.96. The van der Waals surface area contributed by atoms with E-state index in [0.29, 0.717) is 13.1 Å². The summed E-state index contributed by atoms with van der Waals surface area (Å²) in [6.07, 6.45) is 1.33. The van der Waals surface area contributed by atoms with Crippen molar-refractivity contribution >= 4 is 11.9 Å². The fraction of sp³-hybridized carbons (Fsp3) is 0.846. The molecule has 0 aromatic rings. The summed E-state index contributed by atoms with van der Waals surface area (Å²) in [6.45, 7) is 8.31. The van der Waals surface area contributed by atoms with Gasteiger partial charge in [-0.2, -0.15) is 0 Å². The molecule has 0 aliphatic rings. The first-order valence-corrected chi connectivity index (χ1v) is 6.96. The fourth-order valence-corrected chi connectivity index (χ4v) is 1.81. The topological polar surface area (TPSA) is 90.5 Å². The molecule has 3 amide bonds. The molecule has 19 heavy (non-hydrogen) atoms. The molecule has 0 saturated heterocycles. The van der Waals surface area contributed by atoms with Crippen LogP contribution in [0.25, 0.3) is 0 Å². The van der Waals surface area contributed by atoms with E-state index in [0.717, 1.165) is 12.8 Å². The molecule has 0 saturated carbocycles. The smallest absolute Gasteiger partial charge is 0.321 e. The number of amides is 3. The molecule has 112 valence electrons. The molecule has 0 bridgehead atoms. The quantitative estimate of drug-likeness (QED) is 0.521. The van der Waals surface area contributed by atoms with Crippen LogP contribution in [-0.2, 0) is 4.79 Å². The van der Waals surface area contributed by atoms with Gasteiger partial charge >= 0.3 is 6.03 Å². The average molecular weight is 273 g/mol. The van der Waals surface area contributed by atoms with Crippen molar-refractivity contribution in [1.29, 1.82) is 0 Å². The maximum atomic E-state index is 11.6. The number of hydrogen-bond acceptors (Lipinski definition) is 4. The first kappa shape index (κ1) is 17.9. The van der Waals surface area contributed by atoms with Crippen LogP contribution in [0.4, 0.5) is 4.79 Å². The molecule has 0 spiro atoms. The zero-order valence-electron chi connectivity index (χ0n) is 12.3. The SMILES string of the molecule is CCNC(=O)NC(=O)C(C)NCC(O)C(CC)CC. The van der Waals surface area contributed by atoms with Gasteiger partial charge in [0.2, 0.25) is 5.91 Å². The second-order valence-electron chi connectivity index (χ2n) is 4.62. The van der Waals surface area contributed by atoms with Crippen molar-refractivity contribution in [3.63, 3.8) is 0 Å². The second-order valence-corrected chi connectivity index (χ2v) is 4.62. The number of aliphatic hydroxyl groups excluding tert-OH is 1. The van der Waals surface area contributed by atoms with Crippen molar-refractivity contribution in [1.82, 2.24) is 16.0 Å². The Morgan fingerprint density at radius 2 is 1.74 bits per heavy atom. The normalized spacial score (nSPS) is 14.0. The molecule has 0 aliphatic carbocycles. The van der Waals surface area contributed by atoms with Gasteiger partial charge in [-0.05, 0) is 19.8 Å². The molecule has 0 heterocycles. The number of nitrogens with one attached hydrogen (secondary N) is 3. The Morgan fingerprint density at radius 1 is 1.16 bits per heavy atom. The molecule has 0 aromatic heterocycles. The van der Waals surface area contributed by atoms with E-state index in [1.807, 2.05) is 13.8 Å². The van der Waals surface area contributed by atoms with Crippen LogP contribution in [0, 0.1) is 5.92 Å². The summed E-state index contributed by atoms with van der Waals surface area (Å²) in [6, 6.07) is -1.02. The number of carbonyl (C=O) groups excluding carboxylic acids is 2. The highest BCUT2D eigenvalue weighted by molar-refractivity contribution is 5.96. The molecule has 0 fully saturated rings. The highest BCUT2D eigenvalue weighted by Gasteiger charge is 2.19. The maximum absolute atomic E-state index is 11.6. The number of rotatable bonds is 8. The Hall–Kier alpha value is -1.14. The standard InChI is InChI=1S/C13H27N3O3/c1-5-10(6-2)11(17)8-15-9(4)12(18)16-13(19)14-7-3/h9-11,15,17H,5-8H2,1-4H3,(H2,14,16,18,19). The van der Waals surface area contributed by atoms with Gasteiger partial charge in [0.25, 0.3) is 0 Å². The zero-order chi connectivity index (χ0) is 14.8. The minimum atomic E-state index is -0.522. The molecule has 0 aromatic carbocycles. The van der Waals surface area contributed by atoms with E-state index in [2.05, 4.69) is 16.0 Å². The minimum absolute atomic E-state index is 0.228. The van der Waals surface area contributed by atoms with Crippen molar-refractivity contribution in [2.75, 3.05) is 13.1 Å². The molecule has 2 atom stereocenters. The summed E-state index contributed by atoms with van der Waals surface area (Å²) in [5, 5.41) is 17.6. The van der Waals surface area contributed by atoms with Gasteiger partial charge in [-0.15, -0.1) is 0 Å². The third kappa shape index (κ3) is 7.12. The monoisotopic (exact) mass is 273 g/mol. The van der Waals surface area contributed by atoms with Crippen molar-refractivity contribution in [2.24, 2.45) is 5.92 Å². The lowest BCUT2D eigenvalue weighted by Crippen LogP contribution is -2.49. The van der Waals surface area contributed by atoms with Crippen LogP contribution < -0.4 is 16.0 Å². The lowest BCUT2D eigenvalue weighted by molar-refractivity contribution is -0.121. The zero-order valence-corrected chi connectivity index (χ0v) is 12.3. The van der Waals surface area contributed by atoms with E-state index >= 15 is 0 Å². The molecule has 6 nitrogen and oxygen atoms in total. The van der Waals surface area contributed by atoms with E-state index in [9.17, 15) is 14.7 Å². The molecule has 0 rings (SSSR count). The fourth-order valence-electron chi connectivity index (χ4n) is 1.81. The van der Waals surface area contributed by atoms with E-state index in [-0.39, 0.29) is 5.92 Å². The molecular formula is C13H27N3O3. The van der Waals surface area contributed by atoms with Crippen molar-refractivity contribution in [3.05, 3.63) is 0 Å². The van der Waals surface area contributed by atoms with Gasteiger partial charge in [0.15, 0.2) is 0 Å². The number of carbonyl (C=O) groups is 2. The summed E-state index contributed by atoms with van der Waals surface area (Å²) in [5.74, 6) is -0.172. The Balaban J connectivity index is 4.05. The lowest BCUT2D eigenvalue weighted by atomic mass is 9.96. The number of imide groups is 1. The molecule has 4 N–H and O–H groups in total. The highest BCUT2D eigenvalue weighted by Crippen LogP contribution is 2.12. The summed E-state index contributed by atoms with van der Waals surface area (Å²) in [7, 11) is 0. The van der Waals surface area contributed by atoms with Crippen LogP contribution >= 0.6 is 0 Å². The molecule has 0 aliphatic heterocycles. The second kappa shape index (κ2) is 9.75. The van der Waals surface area contributed by atoms with Crippen molar-refractivity contribution < 1.29 is 14.7 Å². The average Bonchev–Trinajstić information content (AvgIpc) is 2.37. The summed E-state index contributed by atoms with van der Waals surface area (Å²) >= 11 is 0. The van der Waals surface area contributed by atoms with E-state index < -0.39 is 24.1 Å². The maximum Gasteiger partial charge on any atom is 0.321 e. The largest absolute Gasteiger partial charge is 0.392 e. The first-order valence-electron chi connectivity index (χ1n) is 6.96. The molecule has 0 radical (unpaired) electrons. The Bertz CT molecular complexity index is 280. The van der Waals surface area contributed by atoms with Gasteiger partial charge in [-0.1, -0.05) is 26.7 Å². The van der Waals surface area contributed by atoms with Gasteiger partial charge in [-0.25, -0.2) is 4.79 Å².